The maximum Gasteiger partial charge on any atom is 0.260 e. The fourth-order valence-corrected chi connectivity index (χ4v) is 3.92. The number of fused-ring (bicyclic) bond motifs is 1. The zero-order chi connectivity index (χ0) is 18.9. The van der Waals surface area contributed by atoms with Crippen molar-refractivity contribution in [2.24, 2.45) is 0 Å². The van der Waals surface area contributed by atoms with E-state index in [0.717, 1.165) is 17.6 Å². The van der Waals surface area contributed by atoms with E-state index in [1.807, 2.05) is 0 Å². The summed E-state index contributed by atoms with van der Waals surface area (Å²) in [4.78, 5) is 35.3. The molecule has 5 nitrogen and oxygen atoms in total. The van der Waals surface area contributed by atoms with E-state index in [2.05, 4.69) is 21.9 Å². The third kappa shape index (κ3) is 5.66. The third-order valence-corrected chi connectivity index (χ3v) is 5.53. The van der Waals surface area contributed by atoms with Gasteiger partial charge < -0.3 is 4.98 Å². The topological polar surface area (TPSA) is 75.7 Å². The fraction of sp³-hybridized carbons (Fsp3) is 0.600. The van der Waals surface area contributed by atoms with Crippen LogP contribution < -0.4 is 5.56 Å². The maximum atomic E-state index is 12.1. The Balaban J connectivity index is 1.87. The smallest absolute Gasteiger partial charge is 0.260 e. The van der Waals surface area contributed by atoms with Gasteiger partial charge in [-0.05, 0) is 25.8 Å². The molecule has 2 heterocycles. The third-order valence-electron chi connectivity index (χ3n) is 4.59. The van der Waals surface area contributed by atoms with Crippen molar-refractivity contribution in [2.45, 2.75) is 77.3 Å². The highest BCUT2D eigenvalue weighted by Gasteiger charge is 2.14. The quantitative estimate of drug-likeness (QED) is 0.257. The van der Waals surface area contributed by atoms with Crippen molar-refractivity contribution in [2.75, 3.05) is 5.75 Å². The molecule has 0 saturated carbocycles. The Hall–Kier alpha value is -1.69. The van der Waals surface area contributed by atoms with Crippen molar-refractivity contribution in [3.05, 3.63) is 27.7 Å². The van der Waals surface area contributed by atoms with E-state index >= 15 is 0 Å². The number of aromatic amines is 1. The molecule has 0 atom stereocenters. The molecular weight excluding hydrogens is 346 g/mol. The number of nitrogens with zero attached hydrogens (tertiary/aromatic N) is 2. The second-order valence-corrected chi connectivity index (χ2v) is 7.81. The average molecular weight is 376 g/mol. The number of aromatic nitrogens is 3. The van der Waals surface area contributed by atoms with E-state index in [-0.39, 0.29) is 16.9 Å². The minimum absolute atomic E-state index is 0.195. The fourth-order valence-electron chi connectivity index (χ4n) is 3.10. The number of pyridine rings is 1. The van der Waals surface area contributed by atoms with Gasteiger partial charge in [0.2, 0.25) is 0 Å². The summed E-state index contributed by atoms with van der Waals surface area (Å²) in [6.45, 7) is 5.41. The van der Waals surface area contributed by atoms with Crippen molar-refractivity contribution < 1.29 is 4.79 Å². The SMILES string of the molecule is CCCCCCCCCCSc1ncc2c(C)c(C(C)=O)c(=O)[nH]c2n1. The van der Waals surface area contributed by atoms with E-state index in [9.17, 15) is 9.59 Å². The molecule has 0 saturated heterocycles. The number of unbranched alkanes of at least 4 members (excludes halogenated alkanes) is 7. The molecule has 0 unspecified atom stereocenters. The summed E-state index contributed by atoms with van der Waals surface area (Å²) in [6.07, 6.45) is 12.1. The number of ketones is 1. The number of H-pyrrole nitrogens is 1. The zero-order valence-corrected chi connectivity index (χ0v) is 16.9. The molecule has 26 heavy (non-hydrogen) atoms. The summed E-state index contributed by atoms with van der Waals surface area (Å²) in [5.74, 6) is 0.744. The first-order valence-electron chi connectivity index (χ1n) is 9.58. The van der Waals surface area contributed by atoms with Crippen LogP contribution in [0.3, 0.4) is 0 Å². The summed E-state index contributed by atoms with van der Waals surface area (Å²) >= 11 is 1.62. The highest BCUT2D eigenvalue weighted by Crippen LogP contribution is 2.21. The van der Waals surface area contributed by atoms with Crippen molar-refractivity contribution in [1.29, 1.82) is 0 Å². The molecule has 0 aliphatic heterocycles. The summed E-state index contributed by atoms with van der Waals surface area (Å²) < 4.78 is 0. The number of rotatable bonds is 11. The molecule has 0 aliphatic rings. The van der Waals surface area contributed by atoms with Crippen LogP contribution in [0.5, 0.6) is 0 Å². The van der Waals surface area contributed by atoms with Gasteiger partial charge in [-0.3, -0.25) is 9.59 Å². The number of nitrogens with one attached hydrogen (secondary N) is 1. The van der Waals surface area contributed by atoms with E-state index in [1.54, 1.807) is 24.9 Å². The van der Waals surface area contributed by atoms with Crippen LogP contribution >= 0.6 is 11.8 Å². The Morgan fingerprint density at radius 2 is 1.77 bits per heavy atom. The minimum Gasteiger partial charge on any atom is -0.306 e. The first-order valence-corrected chi connectivity index (χ1v) is 10.6. The molecule has 0 radical (unpaired) electrons. The van der Waals surface area contributed by atoms with Gasteiger partial charge in [-0.15, -0.1) is 0 Å². The van der Waals surface area contributed by atoms with Gasteiger partial charge in [0.05, 0.1) is 5.56 Å². The van der Waals surface area contributed by atoms with Gasteiger partial charge >= 0.3 is 0 Å². The second kappa shape index (κ2) is 10.5. The number of hydrogen-bond donors (Lipinski definition) is 1. The molecule has 0 amide bonds. The molecule has 0 bridgehead atoms. The second-order valence-electron chi connectivity index (χ2n) is 6.75. The van der Waals surface area contributed by atoms with Gasteiger partial charge in [-0.25, -0.2) is 9.97 Å². The molecule has 1 N–H and O–H groups in total. The molecule has 142 valence electrons. The van der Waals surface area contributed by atoms with Gasteiger partial charge in [-0.2, -0.15) is 0 Å². The number of carbonyl (C=O) groups is 1. The molecule has 6 heteroatoms. The Kier molecular flexibility index (Phi) is 8.29. The van der Waals surface area contributed by atoms with Crippen LogP contribution in [0.4, 0.5) is 0 Å². The van der Waals surface area contributed by atoms with Crippen LogP contribution in [0.25, 0.3) is 11.0 Å². The molecule has 0 aliphatic carbocycles. The zero-order valence-electron chi connectivity index (χ0n) is 16.1. The first kappa shape index (κ1) is 20.6. The van der Waals surface area contributed by atoms with E-state index < -0.39 is 0 Å². The van der Waals surface area contributed by atoms with Crippen LogP contribution in [0.2, 0.25) is 0 Å². The highest BCUT2D eigenvalue weighted by molar-refractivity contribution is 7.99. The standard InChI is InChI=1S/C20H29N3O2S/c1-4-5-6-7-8-9-10-11-12-26-20-21-13-16-14(2)17(15(3)24)19(25)22-18(16)23-20/h13H,4-12H2,1-3H3,(H,21,22,23,25). The van der Waals surface area contributed by atoms with Gasteiger partial charge in [0.15, 0.2) is 10.9 Å². The van der Waals surface area contributed by atoms with Crippen LogP contribution in [-0.4, -0.2) is 26.5 Å². The average Bonchev–Trinajstić information content (AvgIpc) is 2.59. The molecule has 2 aromatic rings. The van der Waals surface area contributed by atoms with E-state index in [1.165, 1.54) is 51.9 Å². The molecule has 0 spiro atoms. The molecule has 2 aromatic heterocycles. The monoisotopic (exact) mass is 375 g/mol. The Labute approximate surface area is 159 Å². The summed E-state index contributed by atoms with van der Waals surface area (Å²) in [5, 5.41) is 1.40. The molecular formula is C20H29N3O2S. The van der Waals surface area contributed by atoms with E-state index in [0.29, 0.717) is 16.4 Å². The van der Waals surface area contributed by atoms with Crippen molar-refractivity contribution in [3.63, 3.8) is 0 Å². The van der Waals surface area contributed by atoms with Crippen molar-refractivity contribution in [3.8, 4) is 0 Å². The number of carbonyl (C=O) groups excluding carboxylic acids is 1. The molecule has 0 fully saturated rings. The summed E-state index contributed by atoms with van der Waals surface area (Å²) in [7, 11) is 0. The number of aryl methyl sites for hydroxylation is 1. The minimum atomic E-state index is -0.375. The van der Waals surface area contributed by atoms with Crippen LogP contribution in [0.15, 0.2) is 16.1 Å². The van der Waals surface area contributed by atoms with Crippen molar-refractivity contribution >= 4 is 28.6 Å². The maximum absolute atomic E-state index is 12.1. The van der Waals surface area contributed by atoms with E-state index in [4.69, 9.17) is 0 Å². The van der Waals surface area contributed by atoms with Gasteiger partial charge in [-0.1, -0.05) is 63.6 Å². The molecule has 2 rings (SSSR count). The molecule has 0 aromatic carbocycles. The number of hydrogen-bond acceptors (Lipinski definition) is 5. The largest absolute Gasteiger partial charge is 0.306 e. The predicted molar refractivity (Wildman–Crippen MR) is 108 cm³/mol. The summed E-state index contributed by atoms with van der Waals surface area (Å²) in [6, 6.07) is 0. The van der Waals surface area contributed by atoms with Crippen LogP contribution in [0.1, 0.15) is 81.1 Å². The lowest BCUT2D eigenvalue weighted by Gasteiger charge is -2.07. The first-order chi connectivity index (χ1) is 12.5. The lowest BCUT2D eigenvalue weighted by molar-refractivity contribution is 0.101. The normalized spacial score (nSPS) is 11.2. The number of thioether (sulfide) groups is 1. The highest BCUT2D eigenvalue weighted by atomic mass is 32.2. The predicted octanol–water partition coefficient (Wildman–Crippen LogP) is 5.06. The van der Waals surface area contributed by atoms with Crippen LogP contribution in [-0.2, 0) is 0 Å². The number of Topliss-reactive ketones (excluding diaryl/α,β-unsaturated/α-hetero) is 1. The summed E-state index contributed by atoms with van der Waals surface area (Å²) in [5.41, 5.74) is 0.974. The Morgan fingerprint density at radius 1 is 1.12 bits per heavy atom. The lowest BCUT2D eigenvalue weighted by atomic mass is 10.1. The lowest BCUT2D eigenvalue weighted by Crippen LogP contribution is -2.19. The van der Waals surface area contributed by atoms with Gasteiger partial charge in [0.1, 0.15) is 5.65 Å². The van der Waals surface area contributed by atoms with Gasteiger partial charge in [0, 0.05) is 17.3 Å². The van der Waals surface area contributed by atoms with Crippen molar-refractivity contribution in [1.82, 2.24) is 15.0 Å². The Bertz CT molecular complexity index is 801. The van der Waals surface area contributed by atoms with Crippen LogP contribution in [0, 0.1) is 6.92 Å². The van der Waals surface area contributed by atoms with Gasteiger partial charge in [0.25, 0.3) is 5.56 Å². The Morgan fingerprint density at radius 3 is 2.42 bits per heavy atom.